The molecule has 178 valence electrons. The lowest BCUT2D eigenvalue weighted by atomic mass is 10.0. The molecule has 2 unspecified atom stereocenters. The summed E-state index contributed by atoms with van der Waals surface area (Å²) in [4.78, 5) is 27.2. The number of benzene rings is 2. The minimum Gasteiger partial charge on any atom is -0.361 e. The van der Waals surface area contributed by atoms with Crippen molar-refractivity contribution >= 4 is 21.8 Å². The lowest BCUT2D eigenvalue weighted by Crippen LogP contribution is -2.44. The first-order valence-corrected chi connectivity index (χ1v) is 12.3. The van der Waals surface area contributed by atoms with Gasteiger partial charge >= 0.3 is 11.8 Å². The van der Waals surface area contributed by atoms with Gasteiger partial charge in [-0.15, -0.1) is 0 Å². The summed E-state index contributed by atoms with van der Waals surface area (Å²) in [5, 5.41) is 5.64. The average Bonchev–Trinajstić information content (AvgIpc) is 3.31. The quantitative estimate of drug-likeness (QED) is 0.523. The monoisotopic (exact) mass is 483 g/mol. The Kier molecular flexibility index (Phi) is 6.75. The van der Waals surface area contributed by atoms with Crippen LogP contribution in [0.15, 0.2) is 59.1 Å². The molecular formula is C23H25N5O5S. The van der Waals surface area contributed by atoms with Crippen molar-refractivity contribution < 1.29 is 22.5 Å². The highest BCUT2D eigenvalue weighted by atomic mass is 32.2. The maximum atomic E-state index is 13.4. The standard InChI is InChI=1S/C23H25N5O5S/c1-15-7-12-19(17-5-3-2-4-6-17)34(31,32)28(15)14-16-8-10-18(11-9-16)22(30)25-13-20-26-23(21(24)29)33-27-20/h2-6,8-11,15,19H,7,12-14H2,1H3,(H2,24,29)(H,25,30). The molecule has 1 aliphatic rings. The minimum atomic E-state index is -3.54. The van der Waals surface area contributed by atoms with Crippen molar-refractivity contribution in [3.63, 3.8) is 0 Å². The van der Waals surface area contributed by atoms with E-state index in [4.69, 9.17) is 5.73 Å². The van der Waals surface area contributed by atoms with Gasteiger partial charge in [-0.05, 0) is 43.0 Å². The molecule has 4 rings (SSSR count). The summed E-state index contributed by atoms with van der Waals surface area (Å²) in [6.45, 7) is 2.11. The zero-order valence-electron chi connectivity index (χ0n) is 18.5. The summed E-state index contributed by atoms with van der Waals surface area (Å²) in [6.07, 6.45) is 1.36. The molecule has 2 atom stereocenters. The normalized spacial score (nSPS) is 20.0. The van der Waals surface area contributed by atoms with Crippen molar-refractivity contribution in [1.82, 2.24) is 19.8 Å². The lowest BCUT2D eigenvalue weighted by molar-refractivity contribution is 0.0944. The van der Waals surface area contributed by atoms with Crippen molar-refractivity contribution in [2.75, 3.05) is 0 Å². The molecule has 1 aliphatic heterocycles. The Bertz CT molecular complexity index is 1270. The first-order valence-electron chi connectivity index (χ1n) is 10.8. The van der Waals surface area contributed by atoms with E-state index in [2.05, 4.69) is 20.0 Å². The van der Waals surface area contributed by atoms with Gasteiger partial charge in [-0.2, -0.15) is 9.29 Å². The second kappa shape index (κ2) is 9.74. The van der Waals surface area contributed by atoms with E-state index in [0.29, 0.717) is 12.0 Å². The smallest absolute Gasteiger partial charge is 0.315 e. The number of rotatable bonds is 7. The van der Waals surface area contributed by atoms with Crippen LogP contribution in [0.3, 0.4) is 0 Å². The highest BCUT2D eigenvalue weighted by molar-refractivity contribution is 7.89. The number of nitrogens with one attached hydrogen (secondary N) is 1. The van der Waals surface area contributed by atoms with Gasteiger partial charge in [-0.25, -0.2) is 8.42 Å². The fraction of sp³-hybridized carbons (Fsp3) is 0.304. The van der Waals surface area contributed by atoms with Crippen molar-refractivity contribution in [1.29, 1.82) is 0 Å². The maximum Gasteiger partial charge on any atom is 0.315 e. The average molecular weight is 484 g/mol. The van der Waals surface area contributed by atoms with Gasteiger partial charge in [-0.3, -0.25) is 9.59 Å². The van der Waals surface area contributed by atoms with Gasteiger partial charge in [0.1, 0.15) is 5.25 Å². The molecule has 10 nitrogen and oxygen atoms in total. The summed E-state index contributed by atoms with van der Waals surface area (Å²) >= 11 is 0. The number of nitrogens with two attached hydrogens (primary N) is 1. The molecule has 2 amide bonds. The van der Waals surface area contributed by atoms with Crippen LogP contribution in [0.1, 0.15) is 63.0 Å². The molecule has 2 aromatic carbocycles. The van der Waals surface area contributed by atoms with E-state index >= 15 is 0 Å². The van der Waals surface area contributed by atoms with Crippen LogP contribution in [-0.2, 0) is 23.1 Å². The Balaban J connectivity index is 1.42. The number of hydrogen-bond donors (Lipinski definition) is 2. The van der Waals surface area contributed by atoms with Gasteiger partial charge in [0.05, 0.1) is 6.54 Å². The molecule has 0 spiro atoms. The Morgan fingerprint density at radius 3 is 2.47 bits per heavy atom. The second-order valence-corrected chi connectivity index (χ2v) is 10.2. The predicted octanol–water partition coefficient (Wildman–Crippen LogP) is 2.15. The minimum absolute atomic E-state index is 0.0399. The van der Waals surface area contributed by atoms with Crippen molar-refractivity contribution in [3.8, 4) is 0 Å². The molecule has 1 fully saturated rings. The fourth-order valence-corrected chi connectivity index (χ4v) is 6.18. The summed E-state index contributed by atoms with van der Waals surface area (Å²) in [5.74, 6) is -1.43. The Hall–Kier alpha value is -3.57. The highest BCUT2D eigenvalue weighted by Crippen LogP contribution is 2.38. The number of carbonyl (C=O) groups is 2. The van der Waals surface area contributed by atoms with Crippen molar-refractivity contribution in [2.45, 2.75) is 44.1 Å². The van der Waals surface area contributed by atoms with Gasteiger partial charge in [0.2, 0.25) is 10.0 Å². The van der Waals surface area contributed by atoms with Crippen LogP contribution in [0, 0.1) is 0 Å². The largest absolute Gasteiger partial charge is 0.361 e. The van der Waals surface area contributed by atoms with Crippen LogP contribution in [-0.4, -0.2) is 40.7 Å². The summed E-state index contributed by atoms with van der Waals surface area (Å²) < 4.78 is 33.0. The van der Waals surface area contributed by atoms with Gasteiger partial charge in [0.25, 0.3) is 5.91 Å². The molecule has 11 heteroatoms. The molecule has 2 heterocycles. The van der Waals surface area contributed by atoms with Crippen molar-refractivity contribution in [3.05, 3.63) is 83.0 Å². The molecule has 3 aromatic rings. The molecule has 34 heavy (non-hydrogen) atoms. The number of amides is 2. The van der Waals surface area contributed by atoms with Gasteiger partial charge in [0, 0.05) is 18.2 Å². The van der Waals surface area contributed by atoms with Crippen LogP contribution in [0.25, 0.3) is 0 Å². The molecule has 1 saturated heterocycles. The number of nitrogens with zero attached hydrogens (tertiary/aromatic N) is 3. The topological polar surface area (TPSA) is 148 Å². The number of sulfonamides is 1. The Morgan fingerprint density at radius 1 is 1.12 bits per heavy atom. The summed E-state index contributed by atoms with van der Waals surface area (Å²) in [7, 11) is -3.54. The van der Waals surface area contributed by atoms with Crippen LogP contribution in [0.4, 0.5) is 0 Å². The van der Waals surface area contributed by atoms with E-state index in [1.165, 1.54) is 0 Å². The van der Waals surface area contributed by atoms with E-state index in [1.54, 1.807) is 28.6 Å². The van der Waals surface area contributed by atoms with E-state index in [-0.39, 0.29) is 36.8 Å². The van der Waals surface area contributed by atoms with Crippen LogP contribution in [0.2, 0.25) is 0 Å². The third kappa shape index (κ3) is 5.00. The molecule has 0 bridgehead atoms. The van der Waals surface area contributed by atoms with Gasteiger partial charge in [-0.1, -0.05) is 47.6 Å². The maximum absolute atomic E-state index is 13.4. The summed E-state index contributed by atoms with van der Waals surface area (Å²) in [6, 6.07) is 15.9. The predicted molar refractivity (Wildman–Crippen MR) is 123 cm³/mol. The van der Waals surface area contributed by atoms with Crippen LogP contribution < -0.4 is 11.1 Å². The summed E-state index contributed by atoms with van der Waals surface area (Å²) in [5.41, 5.74) is 7.03. The molecule has 0 radical (unpaired) electrons. The SMILES string of the molecule is CC1CCC(c2ccccc2)S(=O)(=O)N1Cc1ccc(C(=O)NCc2noc(C(N)=O)n2)cc1. The Labute approximate surface area is 197 Å². The molecule has 1 aromatic heterocycles. The highest BCUT2D eigenvalue weighted by Gasteiger charge is 2.40. The number of primary amides is 1. The first kappa shape index (κ1) is 23.6. The third-order valence-electron chi connectivity index (χ3n) is 5.84. The number of aromatic nitrogens is 2. The zero-order chi connectivity index (χ0) is 24.3. The molecule has 0 saturated carbocycles. The van der Waals surface area contributed by atoms with Crippen molar-refractivity contribution in [2.24, 2.45) is 5.73 Å². The van der Waals surface area contributed by atoms with Crippen LogP contribution in [0.5, 0.6) is 0 Å². The third-order valence-corrected chi connectivity index (χ3v) is 8.21. The molecule has 0 aliphatic carbocycles. The number of hydrogen-bond acceptors (Lipinski definition) is 7. The van der Waals surface area contributed by atoms with Gasteiger partial charge < -0.3 is 15.6 Å². The Morgan fingerprint density at radius 2 is 1.82 bits per heavy atom. The fourth-order valence-electron chi connectivity index (χ4n) is 3.98. The first-order chi connectivity index (χ1) is 16.3. The van der Waals surface area contributed by atoms with E-state index in [0.717, 1.165) is 17.5 Å². The van der Waals surface area contributed by atoms with E-state index in [1.807, 2.05) is 37.3 Å². The lowest BCUT2D eigenvalue weighted by Gasteiger charge is -2.37. The van der Waals surface area contributed by atoms with E-state index < -0.39 is 21.2 Å². The molecular weight excluding hydrogens is 458 g/mol. The second-order valence-electron chi connectivity index (χ2n) is 8.18. The van der Waals surface area contributed by atoms with Gasteiger partial charge in [0.15, 0.2) is 5.82 Å². The number of carbonyl (C=O) groups excluding carboxylic acids is 2. The van der Waals surface area contributed by atoms with Crippen LogP contribution >= 0.6 is 0 Å². The van der Waals surface area contributed by atoms with E-state index in [9.17, 15) is 18.0 Å². The zero-order valence-corrected chi connectivity index (χ0v) is 19.4. The molecule has 3 N–H and O–H groups in total.